The summed E-state index contributed by atoms with van der Waals surface area (Å²) in [7, 11) is 1.57. The zero-order chi connectivity index (χ0) is 15.0. The van der Waals surface area contributed by atoms with Crippen molar-refractivity contribution in [2.24, 2.45) is 0 Å². The number of ketones is 1. The number of nitrogens with one attached hydrogen (secondary N) is 1. The molecule has 4 heteroatoms. The van der Waals surface area contributed by atoms with Crippen molar-refractivity contribution in [2.75, 3.05) is 7.11 Å². The van der Waals surface area contributed by atoms with Gasteiger partial charge in [0.1, 0.15) is 11.6 Å². The third-order valence-corrected chi connectivity index (χ3v) is 3.53. The van der Waals surface area contributed by atoms with Crippen LogP contribution >= 0.6 is 0 Å². The normalized spacial score (nSPS) is 10.8. The Bertz CT molecular complexity index is 819. The lowest BCUT2D eigenvalue weighted by atomic mass is 10.0. The number of carbonyl (C=O) groups excluding carboxylic acids is 1. The summed E-state index contributed by atoms with van der Waals surface area (Å²) in [6.07, 6.45) is 0. The third kappa shape index (κ3) is 2.29. The maximum absolute atomic E-state index is 13.4. The standard InChI is InChI=1S/C17H14FNO2/c1-10-16(14-9-12(18)5-8-15(14)19-10)17(20)11-3-6-13(21-2)7-4-11/h3-9,19H,1-2H3. The Morgan fingerprint density at radius 2 is 1.86 bits per heavy atom. The van der Waals surface area contributed by atoms with E-state index in [-0.39, 0.29) is 11.6 Å². The van der Waals surface area contributed by atoms with Crippen LogP contribution in [0.1, 0.15) is 21.6 Å². The molecule has 0 unspecified atom stereocenters. The van der Waals surface area contributed by atoms with Crippen LogP contribution in [0.15, 0.2) is 42.5 Å². The van der Waals surface area contributed by atoms with E-state index in [1.165, 1.54) is 12.1 Å². The first-order valence-electron chi connectivity index (χ1n) is 6.56. The second-order valence-electron chi connectivity index (χ2n) is 4.87. The van der Waals surface area contributed by atoms with Crippen LogP contribution in [0.5, 0.6) is 5.75 Å². The van der Waals surface area contributed by atoms with Gasteiger partial charge in [-0.1, -0.05) is 0 Å². The predicted molar refractivity (Wildman–Crippen MR) is 79.4 cm³/mol. The van der Waals surface area contributed by atoms with Crippen LogP contribution in [0.2, 0.25) is 0 Å². The molecule has 3 aromatic rings. The number of hydrogen-bond acceptors (Lipinski definition) is 2. The average molecular weight is 283 g/mol. The zero-order valence-electron chi connectivity index (χ0n) is 11.7. The van der Waals surface area contributed by atoms with Crippen molar-refractivity contribution in [2.45, 2.75) is 6.92 Å². The van der Waals surface area contributed by atoms with Gasteiger partial charge in [-0.05, 0) is 49.4 Å². The van der Waals surface area contributed by atoms with Gasteiger partial charge in [0.25, 0.3) is 0 Å². The van der Waals surface area contributed by atoms with Crippen molar-refractivity contribution in [1.82, 2.24) is 4.98 Å². The number of rotatable bonds is 3. The molecular formula is C17H14FNO2. The maximum Gasteiger partial charge on any atom is 0.195 e. The topological polar surface area (TPSA) is 42.1 Å². The Morgan fingerprint density at radius 3 is 2.52 bits per heavy atom. The van der Waals surface area contributed by atoms with Crippen LogP contribution in [0, 0.1) is 12.7 Å². The Labute approximate surface area is 121 Å². The molecule has 3 nitrogen and oxygen atoms in total. The summed E-state index contributed by atoms with van der Waals surface area (Å²) in [4.78, 5) is 15.8. The highest BCUT2D eigenvalue weighted by Crippen LogP contribution is 2.26. The molecule has 0 amide bonds. The molecule has 0 saturated heterocycles. The van der Waals surface area contributed by atoms with Crippen LogP contribution in [-0.4, -0.2) is 17.9 Å². The summed E-state index contributed by atoms with van der Waals surface area (Å²) >= 11 is 0. The highest BCUT2D eigenvalue weighted by atomic mass is 19.1. The van der Waals surface area contributed by atoms with Gasteiger partial charge in [0.2, 0.25) is 0 Å². The summed E-state index contributed by atoms with van der Waals surface area (Å²) in [6, 6.07) is 11.3. The van der Waals surface area contributed by atoms with Crippen molar-refractivity contribution in [3.8, 4) is 5.75 Å². The molecule has 2 aromatic carbocycles. The number of methoxy groups -OCH3 is 1. The summed E-state index contributed by atoms with van der Waals surface area (Å²) < 4.78 is 18.5. The van der Waals surface area contributed by atoms with E-state index in [1.54, 1.807) is 37.4 Å². The number of fused-ring (bicyclic) bond motifs is 1. The van der Waals surface area contributed by atoms with Gasteiger partial charge in [-0.3, -0.25) is 4.79 Å². The van der Waals surface area contributed by atoms with Gasteiger partial charge in [0.05, 0.1) is 12.7 Å². The van der Waals surface area contributed by atoms with Crippen molar-refractivity contribution in [3.05, 3.63) is 65.1 Å². The molecule has 3 rings (SSSR count). The first-order valence-corrected chi connectivity index (χ1v) is 6.56. The number of benzene rings is 2. The van der Waals surface area contributed by atoms with Crippen LogP contribution in [0.25, 0.3) is 10.9 Å². The van der Waals surface area contributed by atoms with E-state index in [0.717, 1.165) is 11.2 Å². The molecule has 1 heterocycles. The summed E-state index contributed by atoms with van der Waals surface area (Å²) in [5.74, 6) is 0.200. The maximum atomic E-state index is 13.4. The van der Waals surface area contributed by atoms with Crippen LogP contribution in [-0.2, 0) is 0 Å². The minimum atomic E-state index is -0.356. The number of carbonyl (C=O) groups is 1. The molecule has 0 aliphatic carbocycles. The molecule has 0 saturated carbocycles. The molecule has 0 fully saturated rings. The minimum absolute atomic E-state index is 0.132. The molecule has 0 aliphatic rings. The number of H-pyrrole nitrogens is 1. The Balaban J connectivity index is 2.12. The largest absolute Gasteiger partial charge is 0.497 e. The predicted octanol–water partition coefficient (Wildman–Crippen LogP) is 3.86. The van der Waals surface area contributed by atoms with Crippen molar-refractivity contribution in [3.63, 3.8) is 0 Å². The van der Waals surface area contributed by atoms with Gasteiger partial charge in [-0.25, -0.2) is 4.39 Å². The van der Waals surface area contributed by atoms with Gasteiger partial charge >= 0.3 is 0 Å². The quantitative estimate of drug-likeness (QED) is 0.742. The lowest BCUT2D eigenvalue weighted by Gasteiger charge is -2.03. The van der Waals surface area contributed by atoms with Crippen molar-refractivity contribution in [1.29, 1.82) is 0 Å². The average Bonchev–Trinajstić information content (AvgIpc) is 2.82. The van der Waals surface area contributed by atoms with Gasteiger partial charge < -0.3 is 9.72 Å². The van der Waals surface area contributed by atoms with Gasteiger partial charge in [-0.2, -0.15) is 0 Å². The first kappa shape index (κ1) is 13.4. The van der Waals surface area contributed by atoms with E-state index in [4.69, 9.17) is 4.74 Å². The highest BCUT2D eigenvalue weighted by Gasteiger charge is 2.18. The first-order chi connectivity index (χ1) is 10.1. The van der Waals surface area contributed by atoms with E-state index in [9.17, 15) is 9.18 Å². The fraction of sp³-hybridized carbons (Fsp3) is 0.118. The molecule has 0 radical (unpaired) electrons. The molecule has 21 heavy (non-hydrogen) atoms. The fourth-order valence-corrected chi connectivity index (χ4v) is 2.48. The van der Waals surface area contributed by atoms with Crippen LogP contribution in [0.3, 0.4) is 0 Å². The molecule has 0 aliphatic heterocycles. The van der Waals surface area contributed by atoms with E-state index < -0.39 is 0 Å². The second kappa shape index (κ2) is 5.05. The lowest BCUT2D eigenvalue weighted by molar-refractivity contribution is 0.103. The molecule has 1 N–H and O–H groups in total. The summed E-state index contributed by atoms with van der Waals surface area (Å²) in [5.41, 5.74) is 2.54. The number of aryl methyl sites for hydroxylation is 1. The Kier molecular flexibility index (Phi) is 3.22. The number of hydrogen-bond donors (Lipinski definition) is 1. The van der Waals surface area contributed by atoms with E-state index in [0.29, 0.717) is 22.3 Å². The molecule has 0 spiro atoms. The Morgan fingerprint density at radius 1 is 1.14 bits per heavy atom. The second-order valence-corrected chi connectivity index (χ2v) is 4.87. The summed E-state index contributed by atoms with van der Waals surface area (Å²) in [5, 5.41) is 0.605. The summed E-state index contributed by atoms with van der Waals surface area (Å²) in [6.45, 7) is 1.81. The third-order valence-electron chi connectivity index (χ3n) is 3.53. The molecule has 106 valence electrons. The molecular weight excluding hydrogens is 269 g/mol. The molecule has 0 atom stereocenters. The Hall–Kier alpha value is -2.62. The fourth-order valence-electron chi connectivity index (χ4n) is 2.48. The number of aromatic nitrogens is 1. The lowest BCUT2D eigenvalue weighted by Crippen LogP contribution is -2.02. The van der Waals surface area contributed by atoms with E-state index >= 15 is 0 Å². The smallest absolute Gasteiger partial charge is 0.195 e. The zero-order valence-corrected chi connectivity index (χ0v) is 11.7. The monoisotopic (exact) mass is 283 g/mol. The molecule has 1 aromatic heterocycles. The van der Waals surface area contributed by atoms with E-state index in [2.05, 4.69) is 4.98 Å². The van der Waals surface area contributed by atoms with Crippen LogP contribution < -0.4 is 4.74 Å². The molecule has 0 bridgehead atoms. The highest BCUT2D eigenvalue weighted by molar-refractivity contribution is 6.17. The minimum Gasteiger partial charge on any atom is -0.497 e. The number of aromatic amines is 1. The van der Waals surface area contributed by atoms with Gasteiger partial charge in [-0.15, -0.1) is 0 Å². The van der Waals surface area contributed by atoms with Crippen molar-refractivity contribution < 1.29 is 13.9 Å². The SMILES string of the molecule is COc1ccc(C(=O)c2c(C)[nH]c3ccc(F)cc23)cc1. The van der Waals surface area contributed by atoms with Gasteiger partial charge in [0.15, 0.2) is 5.78 Å². The van der Waals surface area contributed by atoms with Crippen molar-refractivity contribution >= 4 is 16.7 Å². The van der Waals surface area contributed by atoms with E-state index in [1.807, 2.05) is 6.92 Å². The number of halogens is 1. The van der Waals surface area contributed by atoms with Gasteiger partial charge in [0, 0.05) is 22.2 Å². The van der Waals surface area contributed by atoms with Crippen LogP contribution in [0.4, 0.5) is 4.39 Å². The number of ether oxygens (including phenoxy) is 1.